The van der Waals surface area contributed by atoms with Gasteiger partial charge in [-0.25, -0.2) is 4.79 Å². The van der Waals surface area contributed by atoms with Crippen LogP contribution in [0, 0.1) is 13.8 Å². The molecule has 0 saturated heterocycles. The molecule has 1 aliphatic rings. The first-order valence-corrected chi connectivity index (χ1v) is 9.44. The molecule has 0 aliphatic carbocycles. The van der Waals surface area contributed by atoms with Crippen molar-refractivity contribution in [3.05, 3.63) is 34.4 Å². The molecule has 1 amide bonds. The van der Waals surface area contributed by atoms with Gasteiger partial charge in [-0.15, -0.1) is 0 Å². The monoisotopic (exact) mass is 442 g/mol. The Bertz CT molecular complexity index is 908. The van der Waals surface area contributed by atoms with Gasteiger partial charge in [0.25, 0.3) is 5.91 Å². The Morgan fingerprint density at radius 3 is 2.55 bits per heavy atom. The van der Waals surface area contributed by atoms with Crippen molar-refractivity contribution in [3.63, 3.8) is 0 Å². The van der Waals surface area contributed by atoms with E-state index in [4.69, 9.17) is 16.2 Å². The molecule has 1 aliphatic heterocycles. The highest BCUT2D eigenvalue weighted by atomic mass is 19.4. The lowest BCUT2D eigenvalue weighted by atomic mass is 9.96. The summed E-state index contributed by atoms with van der Waals surface area (Å²) in [7, 11) is 1.11. The number of aliphatic imine (C=N–C) groups is 1. The lowest BCUT2D eigenvalue weighted by Crippen LogP contribution is -2.48. The molecular weight excluding hydrogens is 417 g/mol. The second kappa shape index (κ2) is 9.71. The number of carbonyl (C=O) groups is 2. The van der Waals surface area contributed by atoms with E-state index >= 15 is 0 Å². The topological polar surface area (TPSA) is 129 Å². The van der Waals surface area contributed by atoms with Crippen molar-refractivity contribution >= 4 is 23.9 Å². The third kappa shape index (κ3) is 6.12. The number of hydrogen-bond acceptors (Lipinski definition) is 5. The predicted molar refractivity (Wildman–Crippen MR) is 108 cm³/mol. The van der Waals surface area contributed by atoms with Crippen LogP contribution in [0.1, 0.15) is 29.5 Å². The molecule has 170 valence electrons. The van der Waals surface area contributed by atoms with Gasteiger partial charge in [0.05, 0.1) is 12.7 Å². The van der Waals surface area contributed by atoms with Crippen molar-refractivity contribution in [2.45, 2.75) is 45.0 Å². The molecule has 0 unspecified atom stereocenters. The maximum absolute atomic E-state index is 13.7. The Kier molecular flexibility index (Phi) is 7.53. The Hall–Kier alpha value is -3.24. The van der Waals surface area contributed by atoms with Crippen molar-refractivity contribution in [1.82, 2.24) is 5.32 Å². The lowest BCUT2D eigenvalue weighted by Gasteiger charge is -2.30. The molecule has 2 atom stereocenters. The van der Waals surface area contributed by atoms with E-state index in [1.54, 1.807) is 26.0 Å². The first-order valence-electron chi connectivity index (χ1n) is 9.44. The van der Waals surface area contributed by atoms with Gasteiger partial charge in [0.2, 0.25) is 6.10 Å². The zero-order valence-electron chi connectivity index (χ0n) is 17.4. The average Bonchev–Trinajstić information content (AvgIpc) is 2.67. The zero-order chi connectivity index (χ0) is 23.3. The van der Waals surface area contributed by atoms with Gasteiger partial charge in [-0.1, -0.05) is 11.6 Å². The molecule has 2 rings (SSSR count). The number of alkyl halides is 3. The summed E-state index contributed by atoms with van der Waals surface area (Å²) < 4.78 is 50.8. The van der Waals surface area contributed by atoms with Crippen LogP contribution in [0.25, 0.3) is 6.08 Å². The predicted octanol–water partition coefficient (Wildman–Crippen LogP) is 1.72. The molecule has 1 aromatic rings. The van der Waals surface area contributed by atoms with E-state index in [-0.39, 0.29) is 31.1 Å². The molecule has 5 N–H and O–H groups in total. The van der Waals surface area contributed by atoms with E-state index in [1.165, 1.54) is 0 Å². The lowest BCUT2D eigenvalue weighted by molar-refractivity contribution is -0.185. The molecule has 0 saturated carbocycles. The van der Waals surface area contributed by atoms with Crippen molar-refractivity contribution < 1.29 is 32.2 Å². The second-order valence-electron chi connectivity index (χ2n) is 7.14. The number of benzene rings is 1. The summed E-state index contributed by atoms with van der Waals surface area (Å²) in [5.74, 6) is -1.96. The van der Waals surface area contributed by atoms with Crippen LogP contribution >= 0.6 is 0 Å². The maximum Gasteiger partial charge on any atom is 0.429 e. The van der Waals surface area contributed by atoms with Gasteiger partial charge in [-0.2, -0.15) is 13.2 Å². The number of nitrogens with one attached hydrogen (secondary N) is 1. The number of nitrogens with two attached hydrogens (primary N) is 2. The van der Waals surface area contributed by atoms with Crippen molar-refractivity contribution in [1.29, 1.82) is 0 Å². The number of carbonyl (C=O) groups excluding carboxylic acids is 2. The van der Waals surface area contributed by atoms with Crippen molar-refractivity contribution in [2.75, 3.05) is 13.7 Å². The number of hydrogen-bond donors (Lipinski definition) is 3. The van der Waals surface area contributed by atoms with Crippen molar-refractivity contribution in [2.24, 2.45) is 16.5 Å². The molecule has 0 aromatic heterocycles. The van der Waals surface area contributed by atoms with Crippen LogP contribution in [-0.4, -0.2) is 49.8 Å². The third-order valence-electron chi connectivity index (χ3n) is 4.57. The summed E-state index contributed by atoms with van der Waals surface area (Å²) in [4.78, 5) is 28.6. The van der Waals surface area contributed by atoms with Crippen LogP contribution in [0.2, 0.25) is 0 Å². The highest BCUT2D eigenvalue weighted by Gasteiger charge is 2.48. The van der Waals surface area contributed by atoms with Crippen LogP contribution < -0.4 is 21.5 Å². The van der Waals surface area contributed by atoms with Crippen LogP contribution in [-0.2, 0) is 14.3 Å². The van der Waals surface area contributed by atoms with Crippen molar-refractivity contribution in [3.8, 4) is 5.75 Å². The number of aryl methyl sites for hydroxylation is 2. The molecule has 11 heteroatoms. The van der Waals surface area contributed by atoms with Gasteiger partial charge in [0, 0.05) is 12.1 Å². The first kappa shape index (κ1) is 24.0. The van der Waals surface area contributed by atoms with E-state index in [2.05, 4.69) is 15.0 Å². The minimum atomic E-state index is -4.84. The van der Waals surface area contributed by atoms with Gasteiger partial charge >= 0.3 is 12.1 Å². The minimum absolute atomic E-state index is 0.0613. The molecule has 1 aromatic carbocycles. The average molecular weight is 442 g/mol. The van der Waals surface area contributed by atoms with Crippen LogP contribution in [0.15, 0.2) is 22.7 Å². The van der Waals surface area contributed by atoms with Crippen LogP contribution in [0.4, 0.5) is 13.2 Å². The summed E-state index contributed by atoms with van der Waals surface area (Å²) in [6.45, 7) is 3.58. The van der Waals surface area contributed by atoms with Crippen LogP contribution in [0.5, 0.6) is 5.75 Å². The third-order valence-corrected chi connectivity index (χ3v) is 4.57. The van der Waals surface area contributed by atoms with E-state index in [0.717, 1.165) is 18.7 Å². The van der Waals surface area contributed by atoms with Gasteiger partial charge in [-0.05, 0) is 44.4 Å². The van der Waals surface area contributed by atoms with Crippen LogP contribution in [0.3, 0.4) is 0 Å². The Labute approximate surface area is 177 Å². The Morgan fingerprint density at radius 1 is 1.29 bits per heavy atom. The largest absolute Gasteiger partial charge is 0.475 e. The number of amides is 1. The minimum Gasteiger partial charge on any atom is -0.475 e. The maximum atomic E-state index is 13.7. The SMILES string of the molecule is COC(=O)[C@H](CCCN=C(N)N)NC(=O)C1=Cc2cc(C)cc(C)c2O[C@@H]1C(F)(F)F. The number of rotatable bonds is 7. The smallest absolute Gasteiger partial charge is 0.429 e. The second-order valence-corrected chi connectivity index (χ2v) is 7.14. The first-order chi connectivity index (χ1) is 14.4. The normalized spacial score (nSPS) is 16.3. The van der Waals surface area contributed by atoms with Gasteiger partial charge < -0.3 is 26.3 Å². The Balaban J connectivity index is 2.32. The fourth-order valence-corrected chi connectivity index (χ4v) is 3.24. The molecular formula is C20H25F3N4O4. The number of guanidine groups is 1. The summed E-state index contributed by atoms with van der Waals surface area (Å²) in [6.07, 6.45) is -5.82. The highest BCUT2D eigenvalue weighted by Crippen LogP contribution is 2.39. The fourth-order valence-electron chi connectivity index (χ4n) is 3.24. The zero-order valence-corrected chi connectivity index (χ0v) is 17.4. The summed E-state index contributed by atoms with van der Waals surface area (Å²) >= 11 is 0. The molecule has 0 fully saturated rings. The number of ether oxygens (including phenoxy) is 2. The molecule has 0 spiro atoms. The van der Waals surface area contributed by atoms with E-state index in [9.17, 15) is 22.8 Å². The number of fused-ring (bicyclic) bond motifs is 1. The van der Waals surface area contributed by atoms with E-state index in [1.807, 2.05) is 0 Å². The number of halogens is 3. The standard InChI is InChI=1S/C20H25F3N4O4/c1-10-7-11(2)15-12(8-10)9-13(16(31-15)20(21,22)23)17(28)27-14(18(29)30-3)5-4-6-26-19(24)25/h7-9,14,16H,4-6H2,1-3H3,(H,27,28)(H4,24,25,26)/t14-,16-/m0/s1. The summed E-state index contributed by atoms with van der Waals surface area (Å²) in [5, 5.41) is 2.31. The number of nitrogens with zero attached hydrogens (tertiary/aromatic N) is 1. The van der Waals surface area contributed by atoms with Gasteiger partial charge in [-0.3, -0.25) is 9.79 Å². The van der Waals surface area contributed by atoms with E-state index in [0.29, 0.717) is 11.1 Å². The van der Waals surface area contributed by atoms with Gasteiger partial charge in [0.1, 0.15) is 11.8 Å². The summed E-state index contributed by atoms with van der Waals surface area (Å²) in [6, 6.07) is 2.13. The van der Waals surface area contributed by atoms with E-state index < -0.39 is 35.8 Å². The number of methoxy groups -OCH3 is 1. The summed E-state index contributed by atoms with van der Waals surface area (Å²) in [5.41, 5.74) is 11.5. The van der Waals surface area contributed by atoms with Gasteiger partial charge in [0.15, 0.2) is 5.96 Å². The number of esters is 1. The molecule has 8 nitrogen and oxygen atoms in total. The quantitative estimate of drug-likeness (QED) is 0.255. The fraction of sp³-hybridized carbons (Fsp3) is 0.450. The Morgan fingerprint density at radius 2 is 1.97 bits per heavy atom. The molecule has 1 heterocycles. The molecule has 31 heavy (non-hydrogen) atoms. The molecule has 0 bridgehead atoms. The molecule has 0 radical (unpaired) electrons. The highest BCUT2D eigenvalue weighted by molar-refractivity contribution is 6.02.